The zero-order valence-corrected chi connectivity index (χ0v) is 11.5. The van der Waals surface area contributed by atoms with Crippen LogP contribution >= 0.6 is 11.6 Å². The lowest BCUT2D eigenvalue weighted by molar-refractivity contribution is 0.297. The Hall–Kier alpha value is -2.51. The maximum atomic E-state index is 13.7. The van der Waals surface area contributed by atoms with Crippen molar-refractivity contribution in [3.05, 3.63) is 64.6 Å². The molecule has 0 unspecified atom stereocenters. The number of furan rings is 1. The number of rotatable bonds is 3. The van der Waals surface area contributed by atoms with E-state index in [1.54, 1.807) is 24.3 Å². The smallest absolute Gasteiger partial charge is 0.246 e. The average molecular weight is 302 g/mol. The third-order valence-electron chi connectivity index (χ3n) is 3.07. The lowest BCUT2D eigenvalue weighted by Crippen LogP contribution is -2.00. The van der Waals surface area contributed by atoms with E-state index >= 15 is 0 Å². The van der Waals surface area contributed by atoms with Gasteiger partial charge in [-0.05, 0) is 24.3 Å². The van der Waals surface area contributed by atoms with Crippen LogP contribution in [0.1, 0.15) is 11.3 Å². The number of hydrogen-bond acceptors (Lipinski definition) is 3. The normalized spacial score (nSPS) is 10.5. The Morgan fingerprint density at radius 2 is 2.00 bits per heavy atom. The van der Waals surface area contributed by atoms with E-state index in [9.17, 15) is 4.39 Å². The molecule has 2 aromatic carbocycles. The van der Waals surface area contributed by atoms with Crippen molar-refractivity contribution in [3.8, 4) is 11.8 Å². The molecule has 0 radical (unpaired) electrons. The number of nitrogens with zero attached hydrogens (tertiary/aromatic N) is 1. The van der Waals surface area contributed by atoms with E-state index in [2.05, 4.69) is 0 Å². The molecule has 1 aromatic heterocycles. The van der Waals surface area contributed by atoms with Crippen LogP contribution in [0.3, 0.4) is 0 Å². The van der Waals surface area contributed by atoms with Gasteiger partial charge in [-0.15, -0.1) is 0 Å². The number of ether oxygens (including phenoxy) is 1. The van der Waals surface area contributed by atoms with Gasteiger partial charge in [0.1, 0.15) is 24.1 Å². The van der Waals surface area contributed by atoms with Crippen molar-refractivity contribution in [2.24, 2.45) is 0 Å². The average Bonchev–Trinajstić information content (AvgIpc) is 2.85. The number of para-hydroxylation sites is 1. The molecule has 21 heavy (non-hydrogen) atoms. The maximum absolute atomic E-state index is 13.7. The van der Waals surface area contributed by atoms with E-state index < -0.39 is 5.82 Å². The molecule has 0 saturated heterocycles. The molecule has 1 heterocycles. The van der Waals surface area contributed by atoms with E-state index in [1.807, 2.05) is 12.1 Å². The van der Waals surface area contributed by atoms with Gasteiger partial charge in [0.2, 0.25) is 5.76 Å². The first-order chi connectivity index (χ1) is 10.2. The summed E-state index contributed by atoms with van der Waals surface area (Å²) in [4.78, 5) is 0. The molecule has 104 valence electrons. The third kappa shape index (κ3) is 2.44. The second-order valence-corrected chi connectivity index (χ2v) is 4.76. The molecule has 0 atom stereocenters. The first-order valence-corrected chi connectivity index (χ1v) is 6.56. The van der Waals surface area contributed by atoms with Crippen molar-refractivity contribution in [3.63, 3.8) is 0 Å². The summed E-state index contributed by atoms with van der Waals surface area (Å²) in [5.74, 6) is -0.0927. The minimum absolute atomic E-state index is 0.0589. The number of hydrogen-bond donors (Lipinski definition) is 0. The van der Waals surface area contributed by atoms with Crippen LogP contribution in [-0.2, 0) is 6.61 Å². The highest BCUT2D eigenvalue weighted by Gasteiger charge is 2.16. The third-order valence-corrected chi connectivity index (χ3v) is 3.43. The van der Waals surface area contributed by atoms with E-state index in [0.717, 1.165) is 0 Å². The van der Waals surface area contributed by atoms with Crippen LogP contribution in [0.25, 0.3) is 11.0 Å². The second-order valence-electron chi connectivity index (χ2n) is 4.36. The van der Waals surface area contributed by atoms with E-state index in [1.165, 1.54) is 12.1 Å². The molecule has 3 nitrogen and oxygen atoms in total. The number of nitriles is 1. The van der Waals surface area contributed by atoms with Gasteiger partial charge in [0, 0.05) is 5.56 Å². The predicted molar refractivity (Wildman–Crippen MR) is 76.7 cm³/mol. The molecular weight excluding hydrogens is 293 g/mol. The Labute approximate surface area is 125 Å². The van der Waals surface area contributed by atoms with Gasteiger partial charge in [0.05, 0.1) is 10.4 Å². The first kappa shape index (κ1) is 13.5. The lowest BCUT2D eigenvalue weighted by atomic mass is 10.2. The largest absolute Gasteiger partial charge is 0.483 e. The molecule has 0 saturated carbocycles. The van der Waals surface area contributed by atoms with Gasteiger partial charge in [-0.3, -0.25) is 0 Å². The number of benzene rings is 2. The van der Waals surface area contributed by atoms with Gasteiger partial charge >= 0.3 is 0 Å². The highest BCUT2D eigenvalue weighted by molar-refractivity contribution is 6.31. The summed E-state index contributed by atoms with van der Waals surface area (Å²) >= 11 is 5.95. The number of halogens is 2. The summed E-state index contributed by atoms with van der Waals surface area (Å²) in [6, 6.07) is 13.5. The van der Waals surface area contributed by atoms with Crippen LogP contribution in [0.5, 0.6) is 5.75 Å². The van der Waals surface area contributed by atoms with Crippen molar-refractivity contribution in [1.82, 2.24) is 0 Å². The molecule has 0 N–H and O–H groups in total. The Balaban J connectivity index is 1.97. The Bertz CT molecular complexity index is 831. The van der Waals surface area contributed by atoms with Crippen molar-refractivity contribution in [2.75, 3.05) is 0 Å². The standard InChI is InChI=1S/C16H9ClFNO2/c17-12-5-3-6-13(18)11(12)9-20-16-10-4-1-2-7-14(10)21-15(16)8-19/h1-7H,9H2. The van der Waals surface area contributed by atoms with Crippen molar-refractivity contribution in [1.29, 1.82) is 5.26 Å². The molecule has 0 aliphatic heterocycles. The van der Waals surface area contributed by atoms with Crippen LogP contribution in [0.15, 0.2) is 46.9 Å². The van der Waals surface area contributed by atoms with Gasteiger partial charge in [-0.2, -0.15) is 5.26 Å². The fourth-order valence-electron chi connectivity index (χ4n) is 2.05. The molecule has 5 heteroatoms. The summed E-state index contributed by atoms with van der Waals surface area (Å²) < 4.78 is 24.7. The summed E-state index contributed by atoms with van der Waals surface area (Å²) in [5, 5.41) is 10.0. The van der Waals surface area contributed by atoms with Gasteiger partial charge in [-0.25, -0.2) is 4.39 Å². The molecule has 0 aliphatic rings. The van der Waals surface area contributed by atoms with Gasteiger partial charge in [0.15, 0.2) is 5.75 Å². The highest BCUT2D eigenvalue weighted by Crippen LogP contribution is 2.33. The minimum atomic E-state index is -0.450. The Morgan fingerprint density at radius 3 is 2.76 bits per heavy atom. The van der Waals surface area contributed by atoms with Crippen molar-refractivity contribution < 1.29 is 13.5 Å². The highest BCUT2D eigenvalue weighted by atomic mass is 35.5. The van der Waals surface area contributed by atoms with E-state index in [4.69, 9.17) is 26.0 Å². The van der Waals surface area contributed by atoms with E-state index in [-0.39, 0.29) is 23.0 Å². The molecular formula is C16H9ClFNO2. The van der Waals surface area contributed by atoms with Crippen LogP contribution in [0.2, 0.25) is 5.02 Å². The summed E-state index contributed by atoms with van der Waals surface area (Å²) in [5.41, 5.74) is 0.789. The topological polar surface area (TPSA) is 46.2 Å². The zero-order valence-electron chi connectivity index (χ0n) is 10.8. The quantitative estimate of drug-likeness (QED) is 0.706. The van der Waals surface area contributed by atoms with Crippen LogP contribution in [-0.4, -0.2) is 0 Å². The second kappa shape index (κ2) is 5.47. The predicted octanol–water partition coefficient (Wildman–Crippen LogP) is 4.68. The molecule has 0 aliphatic carbocycles. The SMILES string of the molecule is N#Cc1oc2ccccc2c1OCc1c(F)cccc1Cl. The molecule has 3 rings (SSSR count). The summed E-state index contributed by atoms with van der Waals surface area (Å²) in [6.45, 7) is -0.0796. The molecule has 0 spiro atoms. The van der Waals surface area contributed by atoms with Crippen molar-refractivity contribution in [2.45, 2.75) is 6.61 Å². The summed E-state index contributed by atoms with van der Waals surface area (Å²) in [6.07, 6.45) is 0. The molecule has 0 fully saturated rings. The van der Waals surface area contributed by atoms with Gasteiger partial charge in [-0.1, -0.05) is 29.8 Å². The maximum Gasteiger partial charge on any atom is 0.246 e. The Morgan fingerprint density at radius 1 is 1.19 bits per heavy atom. The monoisotopic (exact) mass is 301 g/mol. The van der Waals surface area contributed by atoms with Crippen LogP contribution in [0, 0.1) is 17.1 Å². The molecule has 0 amide bonds. The van der Waals surface area contributed by atoms with Crippen LogP contribution in [0.4, 0.5) is 4.39 Å². The fraction of sp³-hybridized carbons (Fsp3) is 0.0625. The van der Waals surface area contributed by atoms with Gasteiger partial charge in [0.25, 0.3) is 0 Å². The molecule has 0 bridgehead atoms. The fourth-order valence-corrected chi connectivity index (χ4v) is 2.27. The van der Waals surface area contributed by atoms with Crippen LogP contribution < -0.4 is 4.74 Å². The minimum Gasteiger partial charge on any atom is -0.483 e. The van der Waals surface area contributed by atoms with E-state index in [0.29, 0.717) is 16.7 Å². The van der Waals surface area contributed by atoms with Gasteiger partial charge < -0.3 is 9.15 Å². The zero-order chi connectivity index (χ0) is 14.8. The van der Waals surface area contributed by atoms with Crippen molar-refractivity contribution >= 4 is 22.6 Å². The number of fused-ring (bicyclic) bond motifs is 1. The first-order valence-electron chi connectivity index (χ1n) is 6.18. The lowest BCUT2D eigenvalue weighted by Gasteiger charge is -2.07. The summed E-state index contributed by atoms with van der Waals surface area (Å²) in [7, 11) is 0. The Kier molecular flexibility index (Phi) is 3.51. The molecule has 3 aromatic rings.